The van der Waals surface area contributed by atoms with Crippen molar-refractivity contribution < 1.29 is 4.74 Å². The van der Waals surface area contributed by atoms with Gasteiger partial charge in [0, 0.05) is 31.0 Å². The Morgan fingerprint density at radius 3 is 2.56 bits per heavy atom. The lowest BCUT2D eigenvalue weighted by Gasteiger charge is -2.16. The van der Waals surface area contributed by atoms with Crippen LogP contribution in [0.25, 0.3) is 11.0 Å². The van der Waals surface area contributed by atoms with E-state index in [1.54, 1.807) is 11.8 Å². The van der Waals surface area contributed by atoms with Gasteiger partial charge in [0.2, 0.25) is 0 Å². The SMILES string of the molecule is CC.CC.CCn1cc(SC2=COC3C=CC=CC23)c2c(N)ncnc21.[B]. The van der Waals surface area contributed by atoms with E-state index in [1.807, 2.05) is 40.0 Å². The van der Waals surface area contributed by atoms with Crippen LogP contribution in [-0.4, -0.2) is 29.1 Å². The molecule has 2 unspecified atom stereocenters. The molecule has 0 bridgehead atoms. The number of ether oxygens (including phenoxy) is 1. The third kappa shape index (κ3) is 4.58. The van der Waals surface area contributed by atoms with E-state index < -0.39 is 0 Å². The van der Waals surface area contributed by atoms with E-state index in [2.05, 4.69) is 45.9 Å². The number of aryl methyl sites for hydroxylation is 1. The molecular formula is C20H28BN4OS. The Kier molecular flexibility index (Phi) is 9.22. The number of fused-ring (bicyclic) bond motifs is 2. The number of thioether (sulfide) groups is 1. The normalized spacial score (nSPS) is 18.9. The summed E-state index contributed by atoms with van der Waals surface area (Å²) >= 11 is 1.69. The van der Waals surface area contributed by atoms with Crippen LogP contribution in [0, 0.1) is 5.92 Å². The van der Waals surface area contributed by atoms with Crippen LogP contribution in [0.15, 0.2) is 52.9 Å². The summed E-state index contributed by atoms with van der Waals surface area (Å²) < 4.78 is 7.82. The zero-order valence-electron chi connectivity index (χ0n) is 16.7. The number of anilines is 1. The predicted octanol–water partition coefficient (Wildman–Crippen LogP) is 4.78. The number of rotatable bonds is 3. The van der Waals surface area contributed by atoms with Crippen molar-refractivity contribution in [2.45, 2.75) is 52.2 Å². The van der Waals surface area contributed by atoms with Crippen molar-refractivity contribution in [3.63, 3.8) is 0 Å². The third-order valence-corrected chi connectivity index (χ3v) is 5.10. The topological polar surface area (TPSA) is 66.0 Å². The van der Waals surface area contributed by atoms with Gasteiger partial charge in [-0.2, -0.15) is 0 Å². The first kappa shape index (κ1) is 22.9. The van der Waals surface area contributed by atoms with E-state index in [9.17, 15) is 0 Å². The highest BCUT2D eigenvalue weighted by Crippen LogP contribution is 2.44. The van der Waals surface area contributed by atoms with Crippen molar-refractivity contribution in [1.82, 2.24) is 14.5 Å². The van der Waals surface area contributed by atoms with Crippen LogP contribution in [0.5, 0.6) is 0 Å². The van der Waals surface area contributed by atoms with E-state index in [4.69, 9.17) is 10.5 Å². The molecule has 2 aromatic heterocycles. The van der Waals surface area contributed by atoms with Gasteiger partial charge in [0.15, 0.2) is 0 Å². The Morgan fingerprint density at radius 2 is 1.85 bits per heavy atom. The smallest absolute Gasteiger partial charge is 0.146 e. The Bertz CT molecular complexity index is 829. The maximum atomic E-state index is 6.08. The summed E-state index contributed by atoms with van der Waals surface area (Å²) in [7, 11) is 0. The third-order valence-electron chi connectivity index (χ3n) is 3.97. The summed E-state index contributed by atoms with van der Waals surface area (Å²) in [5, 5.41) is 0.925. The van der Waals surface area contributed by atoms with Crippen LogP contribution < -0.4 is 5.73 Å². The molecule has 2 aliphatic rings. The number of allylic oxidation sites excluding steroid dienone is 2. The van der Waals surface area contributed by atoms with Gasteiger partial charge in [0.1, 0.15) is 23.9 Å². The Hall–Kier alpha value is -2.15. The van der Waals surface area contributed by atoms with Gasteiger partial charge >= 0.3 is 0 Å². The summed E-state index contributed by atoms with van der Waals surface area (Å²) in [5.41, 5.74) is 6.96. The molecule has 4 rings (SSSR count). The van der Waals surface area contributed by atoms with Crippen LogP contribution in [0.2, 0.25) is 0 Å². The average Bonchev–Trinajstić information content (AvgIpc) is 3.28. The molecule has 0 spiro atoms. The minimum absolute atomic E-state index is 0. The maximum absolute atomic E-state index is 6.08. The monoisotopic (exact) mass is 383 g/mol. The lowest BCUT2D eigenvalue weighted by molar-refractivity contribution is 0.192. The number of aromatic nitrogens is 3. The number of nitrogens with two attached hydrogens (primary N) is 1. The summed E-state index contributed by atoms with van der Waals surface area (Å²) in [5.74, 6) is 0.802. The molecule has 2 aromatic rings. The minimum Gasteiger partial charge on any atom is -0.492 e. The first-order valence-electron chi connectivity index (χ1n) is 9.25. The molecule has 3 radical (unpaired) electrons. The lowest BCUT2D eigenvalue weighted by Crippen LogP contribution is -2.14. The minimum atomic E-state index is 0. The van der Waals surface area contributed by atoms with Gasteiger partial charge in [-0.1, -0.05) is 57.7 Å². The van der Waals surface area contributed by atoms with E-state index in [0.29, 0.717) is 5.82 Å². The van der Waals surface area contributed by atoms with Crippen molar-refractivity contribution in [2.24, 2.45) is 5.92 Å². The number of nitrogens with zero attached hydrogens (tertiary/aromatic N) is 3. The summed E-state index contributed by atoms with van der Waals surface area (Å²) in [6, 6.07) is 0. The number of nitrogen functional groups attached to an aromatic ring is 1. The first-order chi connectivity index (χ1) is 12.8. The Balaban J connectivity index is 0.000000686. The largest absolute Gasteiger partial charge is 0.492 e. The molecule has 0 saturated carbocycles. The summed E-state index contributed by atoms with van der Waals surface area (Å²) in [4.78, 5) is 10.8. The number of hydrogen-bond acceptors (Lipinski definition) is 5. The summed E-state index contributed by atoms with van der Waals surface area (Å²) in [6.07, 6.45) is 13.9. The Labute approximate surface area is 168 Å². The average molecular weight is 383 g/mol. The molecule has 0 amide bonds. The van der Waals surface area contributed by atoms with E-state index in [-0.39, 0.29) is 20.4 Å². The van der Waals surface area contributed by atoms with Crippen molar-refractivity contribution in [3.8, 4) is 0 Å². The first-order valence-corrected chi connectivity index (χ1v) is 10.1. The molecule has 143 valence electrons. The second-order valence-electron chi connectivity index (χ2n) is 5.26. The van der Waals surface area contributed by atoms with Crippen molar-refractivity contribution in [1.29, 1.82) is 0 Å². The van der Waals surface area contributed by atoms with Gasteiger partial charge in [-0.3, -0.25) is 0 Å². The molecule has 0 fully saturated rings. The summed E-state index contributed by atoms with van der Waals surface area (Å²) in [6.45, 7) is 10.9. The maximum Gasteiger partial charge on any atom is 0.146 e. The molecule has 27 heavy (non-hydrogen) atoms. The number of hydrogen-bond donors (Lipinski definition) is 1. The van der Waals surface area contributed by atoms with Crippen LogP contribution in [0.1, 0.15) is 34.6 Å². The van der Waals surface area contributed by atoms with Gasteiger partial charge in [0.05, 0.1) is 17.6 Å². The van der Waals surface area contributed by atoms with Gasteiger partial charge in [-0.05, 0) is 13.0 Å². The van der Waals surface area contributed by atoms with Gasteiger partial charge in [0.25, 0.3) is 0 Å². The van der Waals surface area contributed by atoms with Gasteiger partial charge in [-0.25, -0.2) is 9.97 Å². The van der Waals surface area contributed by atoms with Gasteiger partial charge < -0.3 is 15.0 Å². The van der Waals surface area contributed by atoms with Crippen LogP contribution >= 0.6 is 11.8 Å². The molecule has 7 heteroatoms. The fourth-order valence-electron chi connectivity index (χ4n) is 2.85. The highest BCUT2D eigenvalue weighted by atomic mass is 32.2. The highest BCUT2D eigenvalue weighted by Gasteiger charge is 2.30. The predicted molar refractivity (Wildman–Crippen MR) is 117 cm³/mol. The quantitative estimate of drug-likeness (QED) is 0.773. The molecule has 5 nitrogen and oxygen atoms in total. The standard InChI is InChI=1S/C16H16N4OS.2C2H6.B/c1-2-20-7-12(14-15(17)18-9-19-16(14)20)22-13-8-21-11-6-4-3-5-10(11)13;2*1-2;/h3-11H,2H2,1H3,(H2,17,18,19);2*1-2H3;. The molecular weight excluding hydrogens is 355 g/mol. The molecule has 1 aliphatic heterocycles. The molecule has 0 aromatic carbocycles. The second kappa shape index (κ2) is 10.9. The van der Waals surface area contributed by atoms with Crippen molar-refractivity contribution >= 4 is 37.0 Å². The van der Waals surface area contributed by atoms with E-state index >= 15 is 0 Å². The van der Waals surface area contributed by atoms with Crippen molar-refractivity contribution in [3.05, 3.63) is 48.0 Å². The molecule has 2 N–H and O–H groups in total. The molecule has 0 saturated heterocycles. The van der Waals surface area contributed by atoms with E-state index in [1.165, 1.54) is 11.2 Å². The molecule has 2 atom stereocenters. The second-order valence-corrected chi connectivity index (χ2v) is 6.37. The van der Waals surface area contributed by atoms with Crippen LogP contribution in [-0.2, 0) is 11.3 Å². The van der Waals surface area contributed by atoms with Crippen molar-refractivity contribution in [2.75, 3.05) is 5.73 Å². The molecule has 3 heterocycles. The highest BCUT2D eigenvalue weighted by molar-refractivity contribution is 8.03. The fraction of sp³-hybridized carbons (Fsp3) is 0.400. The van der Waals surface area contributed by atoms with E-state index in [0.717, 1.165) is 22.5 Å². The van der Waals surface area contributed by atoms with Crippen LogP contribution in [0.3, 0.4) is 0 Å². The zero-order valence-corrected chi connectivity index (χ0v) is 17.5. The van der Waals surface area contributed by atoms with Crippen LogP contribution in [0.4, 0.5) is 5.82 Å². The Morgan fingerprint density at radius 1 is 1.15 bits per heavy atom. The zero-order chi connectivity index (χ0) is 19.1. The van der Waals surface area contributed by atoms with Gasteiger partial charge in [-0.15, -0.1) is 0 Å². The fourth-order valence-corrected chi connectivity index (χ4v) is 4.03. The molecule has 1 aliphatic carbocycles. The lowest BCUT2D eigenvalue weighted by atomic mass is 9.99.